The van der Waals surface area contributed by atoms with Crippen molar-refractivity contribution in [2.24, 2.45) is 0 Å². The summed E-state index contributed by atoms with van der Waals surface area (Å²) in [6.07, 6.45) is 8.86. The van der Waals surface area contributed by atoms with Gasteiger partial charge in [-0.3, -0.25) is 14.2 Å². The first kappa shape index (κ1) is 24.9. The number of carbonyl (C=O) groups is 1. The molecule has 0 aliphatic carbocycles. The molecule has 1 aliphatic heterocycles. The maximum atomic E-state index is 13.4. The minimum absolute atomic E-state index is 0.0906. The molecular weight excluding hydrogens is 518 g/mol. The largest absolute Gasteiger partial charge is 0.388 e. The summed E-state index contributed by atoms with van der Waals surface area (Å²) in [5, 5.41) is 16.2. The molecule has 2 aromatic carbocycles. The van der Waals surface area contributed by atoms with Crippen LogP contribution in [-0.4, -0.2) is 63.3 Å². The van der Waals surface area contributed by atoms with Crippen LogP contribution in [0.25, 0.3) is 33.4 Å². The molecule has 1 aliphatic rings. The van der Waals surface area contributed by atoms with Gasteiger partial charge in [0.05, 0.1) is 47.6 Å². The number of benzene rings is 2. The van der Waals surface area contributed by atoms with Crippen LogP contribution in [0.2, 0.25) is 0 Å². The van der Waals surface area contributed by atoms with Crippen LogP contribution in [0, 0.1) is 0 Å². The van der Waals surface area contributed by atoms with Crippen molar-refractivity contribution in [1.29, 1.82) is 0 Å². The molecule has 7 rings (SSSR count). The average molecular weight is 546 g/mol. The van der Waals surface area contributed by atoms with Crippen molar-refractivity contribution in [3.63, 3.8) is 0 Å². The second-order valence-corrected chi connectivity index (χ2v) is 10.5. The van der Waals surface area contributed by atoms with Crippen molar-refractivity contribution >= 4 is 22.5 Å². The van der Waals surface area contributed by atoms with E-state index in [0.29, 0.717) is 42.5 Å². The lowest BCUT2D eigenvalue weighted by atomic mass is 9.91. The lowest BCUT2D eigenvalue weighted by molar-refractivity contribution is -0.0299. The van der Waals surface area contributed by atoms with Crippen LogP contribution in [0.5, 0.6) is 0 Å². The summed E-state index contributed by atoms with van der Waals surface area (Å²) in [6, 6.07) is 21.7. The third-order valence-electron chi connectivity index (χ3n) is 7.87. The molecule has 0 bridgehead atoms. The number of aromatic nitrogens is 6. The standard InChI is InChI=1S/C31H27N7O3/c39-29(24-8-11-26-16-32-20-36(26)18-24)35-14-12-31(41,13-15-35)19-37-21-33-28-27(30(37)40)17-34-38(28)25-9-6-23(7-10-25)22-4-2-1-3-5-22/h1-11,16-18,20-21,41H,12-15,19H2. The number of hydrogen-bond acceptors (Lipinski definition) is 6. The molecule has 0 spiro atoms. The van der Waals surface area contributed by atoms with Gasteiger partial charge in [0.2, 0.25) is 0 Å². The Morgan fingerprint density at radius 3 is 2.44 bits per heavy atom. The molecule has 5 heterocycles. The molecule has 10 heteroatoms. The van der Waals surface area contributed by atoms with Crippen LogP contribution in [0.15, 0.2) is 103 Å². The van der Waals surface area contributed by atoms with E-state index in [-0.39, 0.29) is 18.0 Å². The average Bonchev–Trinajstić information content (AvgIpc) is 3.66. The molecule has 10 nitrogen and oxygen atoms in total. The summed E-state index contributed by atoms with van der Waals surface area (Å²) in [5.74, 6) is -0.0906. The summed E-state index contributed by atoms with van der Waals surface area (Å²) >= 11 is 0. The molecule has 1 saturated heterocycles. The number of amides is 1. The summed E-state index contributed by atoms with van der Waals surface area (Å²) in [5.41, 5.74) is 3.55. The molecular formula is C31H27N7O3. The van der Waals surface area contributed by atoms with Gasteiger partial charge in [-0.15, -0.1) is 0 Å². The molecule has 0 radical (unpaired) electrons. The molecule has 0 saturated carbocycles. The van der Waals surface area contributed by atoms with Crippen molar-refractivity contribution in [2.45, 2.75) is 25.0 Å². The highest BCUT2D eigenvalue weighted by Crippen LogP contribution is 2.26. The maximum absolute atomic E-state index is 13.4. The van der Waals surface area contributed by atoms with Crippen LogP contribution >= 0.6 is 0 Å². The predicted molar refractivity (Wildman–Crippen MR) is 154 cm³/mol. The zero-order chi connectivity index (χ0) is 28.0. The third-order valence-corrected chi connectivity index (χ3v) is 7.87. The number of piperidine rings is 1. The van der Waals surface area contributed by atoms with Gasteiger partial charge in [0.25, 0.3) is 11.5 Å². The highest BCUT2D eigenvalue weighted by Gasteiger charge is 2.35. The van der Waals surface area contributed by atoms with Gasteiger partial charge in [-0.05, 0) is 48.2 Å². The number of hydrogen-bond donors (Lipinski definition) is 1. The quantitative estimate of drug-likeness (QED) is 0.355. The van der Waals surface area contributed by atoms with Crippen molar-refractivity contribution < 1.29 is 9.90 Å². The summed E-state index contributed by atoms with van der Waals surface area (Å²) in [6.45, 7) is 0.867. The molecule has 1 fully saturated rings. The van der Waals surface area contributed by atoms with E-state index in [1.807, 2.05) is 52.9 Å². The Bertz CT molecular complexity index is 1930. The summed E-state index contributed by atoms with van der Waals surface area (Å²) in [4.78, 5) is 36.8. The van der Waals surface area contributed by atoms with Crippen LogP contribution < -0.4 is 5.56 Å². The van der Waals surface area contributed by atoms with Gasteiger partial charge < -0.3 is 14.4 Å². The molecule has 41 heavy (non-hydrogen) atoms. The van der Waals surface area contributed by atoms with Gasteiger partial charge in [0.1, 0.15) is 11.7 Å². The Hall–Kier alpha value is -5.09. The predicted octanol–water partition coefficient (Wildman–Crippen LogP) is 3.56. The van der Waals surface area contributed by atoms with Crippen molar-refractivity contribution in [2.75, 3.05) is 13.1 Å². The van der Waals surface area contributed by atoms with E-state index in [4.69, 9.17) is 0 Å². The fourth-order valence-electron chi connectivity index (χ4n) is 5.51. The van der Waals surface area contributed by atoms with Crippen molar-refractivity contribution in [3.8, 4) is 16.8 Å². The Morgan fingerprint density at radius 1 is 0.902 bits per heavy atom. The molecule has 204 valence electrons. The molecule has 0 unspecified atom stereocenters. The molecule has 4 aromatic heterocycles. The highest BCUT2D eigenvalue weighted by molar-refractivity contribution is 5.94. The van der Waals surface area contributed by atoms with Crippen LogP contribution in [-0.2, 0) is 6.54 Å². The van der Waals surface area contributed by atoms with Gasteiger partial charge in [-0.1, -0.05) is 42.5 Å². The van der Waals surface area contributed by atoms with E-state index in [1.165, 1.54) is 17.1 Å². The second kappa shape index (κ2) is 9.83. The Kier molecular flexibility index (Phi) is 5.97. The minimum atomic E-state index is -1.13. The first-order valence-corrected chi connectivity index (χ1v) is 13.5. The smallest absolute Gasteiger partial charge is 0.264 e. The van der Waals surface area contributed by atoms with Crippen molar-refractivity contribution in [1.82, 2.24) is 33.6 Å². The number of fused-ring (bicyclic) bond motifs is 2. The van der Waals surface area contributed by atoms with Crippen LogP contribution in [0.1, 0.15) is 23.2 Å². The van der Waals surface area contributed by atoms with Gasteiger partial charge in [-0.2, -0.15) is 5.10 Å². The minimum Gasteiger partial charge on any atom is -0.388 e. The first-order chi connectivity index (χ1) is 20.0. The van der Waals surface area contributed by atoms with E-state index in [0.717, 1.165) is 22.3 Å². The second-order valence-electron chi connectivity index (χ2n) is 10.5. The lowest BCUT2D eigenvalue weighted by Gasteiger charge is -2.38. The third kappa shape index (κ3) is 4.57. The van der Waals surface area contributed by atoms with E-state index < -0.39 is 5.60 Å². The van der Waals surface area contributed by atoms with E-state index in [2.05, 4.69) is 27.2 Å². The SMILES string of the molecule is O=C(c1ccc2cncn2c1)N1CCC(O)(Cn2cnc3c(cnn3-c3ccc(-c4ccccc4)cc3)c2=O)CC1. The summed E-state index contributed by atoms with van der Waals surface area (Å²) in [7, 11) is 0. The van der Waals surface area contributed by atoms with Crippen LogP contribution in [0.3, 0.4) is 0 Å². The van der Waals surface area contributed by atoms with Gasteiger partial charge >= 0.3 is 0 Å². The zero-order valence-electron chi connectivity index (χ0n) is 22.2. The number of pyridine rings is 1. The number of imidazole rings is 1. The zero-order valence-corrected chi connectivity index (χ0v) is 22.2. The number of carbonyl (C=O) groups excluding carboxylic acids is 1. The first-order valence-electron chi connectivity index (χ1n) is 13.5. The van der Waals surface area contributed by atoms with Gasteiger partial charge in [0.15, 0.2) is 5.65 Å². The van der Waals surface area contributed by atoms with E-state index >= 15 is 0 Å². The van der Waals surface area contributed by atoms with E-state index in [9.17, 15) is 14.7 Å². The topological polar surface area (TPSA) is 111 Å². The monoisotopic (exact) mass is 545 g/mol. The number of nitrogens with zero attached hydrogens (tertiary/aromatic N) is 7. The summed E-state index contributed by atoms with van der Waals surface area (Å²) < 4.78 is 4.90. The van der Waals surface area contributed by atoms with Gasteiger partial charge in [0, 0.05) is 19.3 Å². The Balaban J connectivity index is 1.06. The van der Waals surface area contributed by atoms with E-state index in [1.54, 1.807) is 34.4 Å². The van der Waals surface area contributed by atoms with Crippen molar-refractivity contribution in [3.05, 3.63) is 114 Å². The van der Waals surface area contributed by atoms with Gasteiger partial charge in [-0.25, -0.2) is 14.6 Å². The fourth-order valence-corrected chi connectivity index (χ4v) is 5.51. The number of aliphatic hydroxyl groups is 1. The molecule has 1 amide bonds. The lowest BCUT2D eigenvalue weighted by Crippen LogP contribution is -2.49. The molecule has 6 aromatic rings. The van der Waals surface area contributed by atoms with Crippen LogP contribution in [0.4, 0.5) is 0 Å². The Labute approximate surface area is 234 Å². The molecule has 0 atom stereocenters. The number of rotatable bonds is 5. The Morgan fingerprint density at radius 2 is 1.66 bits per heavy atom. The highest BCUT2D eigenvalue weighted by atomic mass is 16.3. The maximum Gasteiger partial charge on any atom is 0.264 e. The fraction of sp³-hybridized carbons (Fsp3) is 0.194. The normalized spacial score (nSPS) is 15.0. The number of likely N-dealkylation sites (tertiary alicyclic amines) is 1. The molecule has 1 N–H and O–H groups in total.